The van der Waals surface area contributed by atoms with E-state index in [9.17, 15) is 23.5 Å². The zero-order valence-corrected chi connectivity index (χ0v) is 20.7. The first kappa shape index (κ1) is 27.2. The Morgan fingerprint density at radius 1 is 1.19 bits per heavy atom. The number of hydrogen-bond acceptors (Lipinski definition) is 5. The van der Waals surface area contributed by atoms with Crippen molar-refractivity contribution in [2.75, 3.05) is 13.2 Å². The van der Waals surface area contributed by atoms with Crippen molar-refractivity contribution in [2.45, 2.75) is 45.7 Å². The standard InChI is InChI=1S/C27H32F2N4O3/c1-27(2,3)26(32(24(36)17-35)12-11-21(30)16-34)25-19(13-18-7-5-4-6-8-18)15-33(31-25)23-14-20(28)9-10-22(23)29/h4-10,14-16,21,26,35H,11-13,17,30H2,1-3H3. The molecule has 2 atom stereocenters. The van der Waals surface area contributed by atoms with Gasteiger partial charge in [0.2, 0.25) is 5.91 Å². The van der Waals surface area contributed by atoms with Crippen molar-refractivity contribution in [3.63, 3.8) is 0 Å². The lowest BCUT2D eigenvalue weighted by atomic mass is 9.81. The SMILES string of the molecule is CC(C)(C)C(c1nn(-c2cc(F)ccc2F)cc1Cc1ccccc1)N(CCC(N)C=O)C(=O)CO. The van der Waals surface area contributed by atoms with Crippen molar-refractivity contribution < 1.29 is 23.5 Å². The molecule has 0 saturated heterocycles. The molecule has 1 heterocycles. The number of nitrogens with zero attached hydrogens (tertiary/aromatic N) is 3. The van der Waals surface area contributed by atoms with E-state index in [1.165, 1.54) is 9.58 Å². The maximum atomic E-state index is 14.7. The minimum Gasteiger partial charge on any atom is -0.387 e. The normalized spacial score (nSPS) is 13.3. The third kappa shape index (κ3) is 6.41. The molecule has 1 amide bonds. The van der Waals surface area contributed by atoms with Crippen LogP contribution >= 0.6 is 0 Å². The largest absolute Gasteiger partial charge is 0.387 e. The Balaban J connectivity index is 2.19. The molecule has 3 aromatic rings. The summed E-state index contributed by atoms with van der Waals surface area (Å²) in [5.74, 6) is -1.81. The van der Waals surface area contributed by atoms with E-state index in [1.807, 2.05) is 51.1 Å². The van der Waals surface area contributed by atoms with Crippen molar-refractivity contribution in [2.24, 2.45) is 11.1 Å². The van der Waals surface area contributed by atoms with E-state index in [4.69, 9.17) is 5.73 Å². The first-order valence-electron chi connectivity index (χ1n) is 11.7. The fourth-order valence-electron chi connectivity index (χ4n) is 4.26. The first-order valence-corrected chi connectivity index (χ1v) is 11.7. The Kier molecular flexibility index (Phi) is 8.70. The summed E-state index contributed by atoms with van der Waals surface area (Å²) in [4.78, 5) is 25.5. The highest BCUT2D eigenvalue weighted by molar-refractivity contribution is 5.78. The summed E-state index contributed by atoms with van der Waals surface area (Å²) in [6.45, 7) is 5.12. The van der Waals surface area contributed by atoms with Crippen molar-refractivity contribution in [3.8, 4) is 5.69 Å². The second-order valence-corrected chi connectivity index (χ2v) is 9.84. The molecule has 3 N–H and O–H groups in total. The summed E-state index contributed by atoms with van der Waals surface area (Å²) in [6, 6.07) is 11.3. The van der Waals surface area contributed by atoms with Gasteiger partial charge in [0.05, 0.1) is 17.8 Å². The molecule has 0 saturated carbocycles. The third-order valence-corrected chi connectivity index (χ3v) is 5.94. The molecule has 7 nitrogen and oxygen atoms in total. The van der Waals surface area contributed by atoms with E-state index in [-0.39, 0.29) is 18.7 Å². The highest BCUT2D eigenvalue weighted by Crippen LogP contribution is 2.40. The number of carbonyl (C=O) groups excluding carboxylic acids is 2. The zero-order chi connectivity index (χ0) is 26.5. The molecule has 36 heavy (non-hydrogen) atoms. The van der Waals surface area contributed by atoms with Gasteiger partial charge in [-0.2, -0.15) is 5.10 Å². The second kappa shape index (κ2) is 11.5. The van der Waals surface area contributed by atoms with Gasteiger partial charge in [0.15, 0.2) is 0 Å². The predicted octanol–water partition coefficient (Wildman–Crippen LogP) is 3.57. The van der Waals surface area contributed by atoms with E-state index in [1.54, 1.807) is 6.20 Å². The molecule has 0 fully saturated rings. The van der Waals surface area contributed by atoms with Crippen LogP contribution in [0.25, 0.3) is 5.69 Å². The van der Waals surface area contributed by atoms with Crippen LogP contribution in [-0.4, -0.2) is 51.2 Å². The minimum atomic E-state index is -0.776. The molecule has 9 heteroatoms. The Morgan fingerprint density at radius 2 is 1.89 bits per heavy atom. The van der Waals surface area contributed by atoms with Crippen molar-refractivity contribution in [1.82, 2.24) is 14.7 Å². The number of rotatable bonds is 10. The van der Waals surface area contributed by atoms with Gasteiger partial charge in [0.25, 0.3) is 0 Å². The maximum Gasteiger partial charge on any atom is 0.248 e. The number of amides is 1. The summed E-state index contributed by atoms with van der Waals surface area (Å²) in [5, 5.41) is 14.4. The number of hydrogen-bond donors (Lipinski definition) is 2. The van der Waals surface area contributed by atoms with Crippen LogP contribution in [0.2, 0.25) is 0 Å². The minimum absolute atomic E-state index is 0.0637. The monoisotopic (exact) mass is 498 g/mol. The third-order valence-electron chi connectivity index (χ3n) is 5.94. The molecule has 0 bridgehead atoms. The fraction of sp³-hybridized carbons (Fsp3) is 0.370. The van der Waals surface area contributed by atoms with Crippen LogP contribution in [0.3, 0.4) is 0 Å². The van der Waals surface area contributed by atoms with Gasteiger partial charge >= 0.3 is 0 Å². The number of aliphatic hydroxyl groups is 1. The summed E-state index contributed by atoms with van der Waals surface area (Å²) >= 11 is 0. The zero-order valence-electron chi connectivity index (χ0n) is 20.7. The second-order valence-electron chi connectivity index (χ2n) is 9.84. The Morgan fingerprint density at radius 3 is 2.50 bits per heavy atom. The molecule has 3 rings (SSSR count). The lowest BCUT2D eigenvalue weighted by Crippen LogP contribution is -2.45. The van der Waals surface area contributed by atoms with E-state index >= 15 is 0 Å². The molecule has 0 radical (unpaired) electrons. The number of nitrogens with two attached hydrogens (primary N) is 1. The van der Waals surface area contributed by atoms with Crippen molar-refractivity contribution in [1.29, 1.82) is 0 Å². The van der Waals surface area contributed by atoms with Gasteiger partial charge in [-0.3, -0.25) is 4.79 Å². The molecule has 192 valence electrons. The van der Waals surface area contributed by atoms with Gasteiger partial charge in [-0.25, -0.2) is 13.5 Å². The van der Waals surface area contributed by atoms with Gasteiger partial charge in [0.1, 0.15) is 30.2 Å². The molecule has 0 spiro atoms. The van der Waals surface area contributed by atoms with Crippen LogP contribution < -0.4 is 5.73 Å². The first-order chi connectivity index (χ1) is 17.0. The van der Waals surface area contributed by atoms with E-state index in [2.05, 4.69) is 5.10 Å². The van der Waals surface area contributed by atoms with Gasteiger partial charge in [-0.05, 0) is 29.5 Å². The quantitative estimate of drug-likeness (QED) is 0.416. The maximum absolute atomic E-state index is 14.7. The van der Waals surface area contributed by atoms with Gasteiger partial charge in [-0.1, -0.05) is 51.1 Å². The number of benzene rings is 2. The van der Waals surface area contributed by atoms with Crippen molar-refractivity contribution in [3.05, 3.63) is 83.2 Å². The van der Waals surface area contributed by atoms with Crippen LogP contribution in [0.5, 0.6) is 0 Å². The van der Waals surface area contributed by atoms with E-state index < -0.39 is 41.6 Å². The predicted molar refractivity (Wildman–Crippen MR) is 132 cm³/mol. The molecule has 0 aliphatic rings. The Hall–Kier alpha value is -3.43. The number of aliphatic hydroxyl groups excluding tert-OH is 1. The molecular formula is C27H32F2N4O3. The molecular weight excluding hydrogens is 466 g/mol. The van der Waals surface area contributed by atoms with E-state index in [0.29, 0.717) is 24.0 Å². The van der Waals surface area contributed by atoms with Gasteiger partial charge < -0.3 is 20.5 Å². The van der Waals surface area contributed by atoms with E-state index in [0.717, 1.165) is 23.8 Å². The molecule has 0 aliphatic heterocycles. The molecule has 2 unspecified atom stereocenters. The fourth-order valence-corrected chi connectivity index (χ4v) is 4.26. The Labute approximate surface area is 209 Å². The number of halogens is 2. The lowest BCUT2D eigenvalue weighted by Gasteiger charge is -2.40. The summed E-state index contributed by atoms with van der Waals surface area (Å²) in [6.07, 6.45) is 2.86. The van der Waals surface area contributed by atoms with Gasteiger partial charge in [0, 0.05) is 30.8 Å². The average Bonchev–Trinajstić information content (AvgIpc) is 3.24. The highest BCUT2D eigenvalue weighted by atomic mass is 19.1. The van der Waals surface area contributed by atoms with Crippen LogP contribution in [0.15, 0.2) is 54.7 Å². The summed E-state index contributed by atoms with van der Waals surface area (Å²) < 4.78 is 30.0. The highest BCUT2D eigenvalue weighted by Gasteiger charge is 2.38. The summed E-state index contributed by atoms with van der Waals surface area (Å²) in [5.41, 5.74) is 7.30. The van der Waals surface area contributed by atoms with Crippen LogP contribution in [0.1, 0.15) is 50.1 Å². The van der Waals surface area contributed by atoms with Crippen LogP contribution in [0, 0.1) is 17.0 Å². The van der Waals surface area contributed by atoms with Crippen molar-refractivity contribution >= 4 is 12.2 Å². The molecule has 0 aliphatic carbocycles. The Bertz CT molecular complexity index is 1190. The van der Waals surface area contributed by atoms with Crippen LogP contribution in [-0.2, 0) is 16.0 Å². The summed E-state index contributed by atoms with van der Waals surface area (Å²) in [7, 11) is 0. The smallest absolute Gasteiger partial charge is 0.248 e. The number of aromatic nitrogens is 2. The van der Waals surface area contributed by atoms with Crippen LogP contribution in [0.4, 0.5) is 8.78 Å². The number of carbonyl (C=O) groups is 2. The van der Waals surface area contributed by atoms with Gasteiger partial charge in [-0.15, -0.1) is 0 Å². The number of aldehydes is 1. The molecule has 1 aromatic heterocycles. The average molecular weight is 499 g/mol. The molecule has 2 aromatic carbocycles. The lowest BCUT2D eigenvalue weighted by molar-refractivity contribution is -0.139. The topological polar surface area (TPSA) is 101 Å².